The van der Waals surface area contributed by atoms with Gasteiger partial charge in [-0.25, -0.2) is 0 Å². The number of thiocarbonyl (C=S) groups is 1. The van der Waals surface area contributed by atoms with Crippen molar-refractivity contribution in [3.8, 4) is 5.69 Å². The Labute approximate surface area is 193 Å². The summed E-state index contributed by atoms with van der Waals surface area (Å²) in [4.78, 5) is 14.0. The van der Waals surface area contributed by atoms with Gasteiger partial charge < -0.3 is 9.73 Å². The quantitative estimate of drug-likeness (QED) is 0.357. The lowest BCUT2D eigenvalue weighted by molar-refractivity contribution is 0.0953. The highest BCUT2D eigenvalue weighted by atomic mass is 35.5. The molecule has 0 aliphatic carbocycles. The molecule has 9 heteroatoms. The molecule has 0 spiro atoms. The van der Waals surface area contributed by atoms with E-state index in [4.69, 9.17) is 28.2 Å². The molecule has 0 aliphatic rings. The van der Waals surface area contributed by atoms with Crippen molar-refractivity contribution in [2.24, 2.45) is 0 Å². The zero-order valence-corrected chi connectivity index (χ0v) is 18.4. The number of anilines is 1. The van der Waals surface area contributed by atoms with Crippen molar-refractivity contribution in [1.82, 2.24) is 20.3 Å². The van der Waals surface area contributed by atoms with Gasteiger partial charge in [-0.2, -0.15) is 4.80 Å². The van der Waals surface area contributed by atoms with E-state index in [2.05, 4.69) is 20.8 Å². The maximum absolute atomic E-state index is 12.5. The van der Waals surface area contributed by atoms with E-state index in [-0.39, 0.29) is 10.9 Å². The summed E-state index contributed by atoms with van der Waals surface area (Å²) >= 11 is 11.5. The number of rotatable bonds is 3. The molecule has 2 aromatic heterocycles. The molecule has 0 unspecified atom stereocenters. The molecule has 32 heavy (non-hydrogen) atoms. The Hall–Kier alpha value is -3.75. The van der Waals surface area contributed by atoms with Crippen LogP contribution in [0.5, 0.6) is 0 Å². The summed E-state index contributed by atoms with van der Waals surface area (Å²) in [6.07, 6.45) is 0. The van der Waals surface area contributed by atoms with E-state index < -0.39 is 5.91 Å². The van der Waals surface area contributed by atoms with Crippen LogP contribution in [0.15, 0.2) is 71.1 Å². The molecular formula is C23H16ClN5O2S. The lowest BCUT2D eigenvalue weighted by Gasteiger charge is -2.08. The summed E-state index contributed by atoms with van der Waals surface area (Å²) in [6.45, 7) is 1.94. The normalized spacial score (nSPS) is 11.1. The first-order chi connectivity index (χ1) is 15.5. The number of fused-ring (bicyclic) bond motifs is 2. The number of para-hydroxylation sites is 1. The number of furan rings is 1. The van der Waals surface area contributed by atoms with Gasteiger partial charge in [0.2, 0.25) is 0 Å². The van der Waals surface area contributed by atoms with Crippen LogP contribution in [0.4, 0.5) is 5.69 Å². The summed E-state index contributed by atoms with van der Waals surface area (Å²) in [5.74, 6) is -0.243. The molecule has 3 aromatic carbocycles. The molecular weight excluding hydrogens is 446 g/mol. The van der Waals surface area contributed by atoms with Crippen LogP contribution in [0.1, 0.15) is 16.1 Å². The van der Waals surface area contributed by atoms with Crippen LogP contribution in [0.3, 0.4) is 0 Å². The molecule has 2 N–H and O–H groups in total. The zero-order chi connectivity index (χ0) is 22.2. The predicted octanol–water partition coefficient (Wildman–Crippen LogP) is 5.26. The van der Waals surface area contributed by atoms with Gasteiger partial charge in [0.15, 0.2) is 10.9 Å². The third-order valence-corrected chi connectivity index (χ3v) is 5.51. The van der Waals surface area contributed by atoms with Crippen molar-refractivity contribution in [2.75, 3.05) is 5.32 Å². The summed E-state index contributed by atoms with van der Waals surface area (Å²) in [7, 11) is 0. The molecule has 0 radical (unpaired) electrons. The lowest BCUT2D eigenvalue weighted by atomic mass is 10.2. The number of carbonyl (C=O) groups excluding carboxylic acids is 1. The smallest absolute Gasteiger partial charge is 0.293 e. The average Bonchev–Trinajstić information content (AvgIpc) is 3.39. The van der Waals surface area contributed by atoms with E-state index in [1.54, 1.807) is 18.2 Å². The van der Waals surface area contributed by atoms with E-state index in [1.165, 1.54) is 4.80 Å². The number of benzene rings is 3. The van der Waals surface area contributed by atoms with Gasteiger partial charge in [-0.1, -0.05) is 35.9 Å². The molecule has 0 atom stereocenters. The Morgan fingerprint density at radius 2 is 1.84 bits per heavy atom. The fourth-order valence-electron chi connectivity index (χ4n) is 3.23. The minimum Gasteiger partial charge on any atom is -0.451 e. The average molecular weight is 462 g/mol. The lowest BCUT2D eigenvalue weighted by Crippen LogP contribution is -2.33. The molecule has 7 nitrogen and oxygen atoms in total. The van der Waals surface area contributed by atoms with Gasteiger partial charge >= 0.3 is 0 Å². The second-order valence-corrected chi connectivity index (χ2v) is 8.00. The largest absolute Gasteiger partial charge is 0.451 e. The Morgan fingerprint density at radius 3 is 2.66 bits per heavy atom. The minimum absolute atomic E-state index is 0.146. The van der Waals surface area contributed by atoms with Crippen molar-refractivity contribution in [1.29, 1.82) is 0 Å². The number of nitrogens with zero attached hydrogens (tertiary/aromatic N) is 3. The van der Waals surface area contributed by atoms with E-state index >= 15 is 0 Å². The van der Waals surface area contributed by atoms with Crippen molar-refractivity contribution < 1.29 is 9.21 Å². The Bertz CT molecular complexity index is 1470. The first-order valence-electron chi connectivity index (χ1n) is 9.71. The number of amides is 1. The number of halogens is 1. The van der Waals surface area contributed by atoms with Crippen molar-refractivity contribution in [2.45, 2.75) is 6.92 Å². The van der Waals surface area contributed by atoms with Crippen molar-refractivity contribution >= 4 is 62.5 Å². The van der Waals surface area contributed by atoms with E-state index in [1.807, 2.05) is 55.5 Å². The van der Waals surface area contributed by atoms with Crippen LogP contribution >= 0.6 is 23.8 Å². The summed E-state index contributed by atoms with van der Waals surface area (Å²) in [5, 5.41) is 16.3. The Balaban J connectivity index is 1.31. The standard InChI is InChI=1S/C23H16ClN5O2S/c1-13-6-8-16(12-17(13)24)29-27-18-9-7-15(11-19(18)28-29)25-23(32)26-22(30)21-10-14-4-2-3-5-20(14)31-21/h2-12H,1H3,(H2,25,26,30,32). The molecule has 1 amide bonds. The maximum atomic E-state index is 12.5. The molecule has 0 aliphatic heterocycles. The fourth-order valence-corrected chi connectivity index (χ4v) is 3.62. The second kappa shape index (κ2) is 8.07. The molecule has 5 rings (SSSR count). The van der Waals surface area contributed by atoms with Crippen molar-refractivity contribution in [3.05, 3.63) is 83.1 Å². The summed E-state index contributed by atoms with van der Waals surface area (Å²) in [5.41, 5.74) is 4.43. The van der Waals surface area contributed by atoms with Crippen LogP contribution in [0.2, 0.25) is 5.02 Å². The number of carbonyl (C=O) groups is 1. The highest BCUT2D eigenvalue weighted by molar-refractivity contribution is 7.80. The van der Waals surface area contributed by atoms with Crippen LogP contribution in [0.25, 0.3) is 27.7 Å². The van der Waals surface area contributed by atoms with Gasteiger partial charge in [0.25, 0.3) is 5.91 Å². The first kappa shape index (κ1) is 20.2. The fraction of sp³-hybridized carbons (Fsp3) is 0.0435. The van der Waals surface area contributed by atoms with Gasteiger partial charge in [-0.05, 0) is 67.2 Å². The highest BCUT2D eigenvalue weighted by Gasteiger charge is 2.14. The van der Waals surface area contributed by atoms with Gasteiger partial charge in [0, 0.05) is 16.1 Å². The molecule has 2 heterocycles. The number of hydrogen-bond acceptors (Lipinski definition) is 5. The third-order valence-electron chi connectivity index (χ3n) is 4.90. The van der Waals surface area contributed by atoms with E-state index in [0.717, 1.165) is 16.6 Å². The SMILES string of the molecule is Cc1ccc(-n2nc3ccc(NC(=S)NC(=O)c4cc5ccccc5o4)cc3n2)cc1Cl. The predicted molar refractivity (Wildman–Crippen MR) is 129 cm³/mol. The molecule has 0 saturated heterocycles. The van der Waals surface area contributed by atoms with Crippen LogP contribution in [-0.4, -0.2) is 26.0 Å². The first-order valence-corrected chi connectivity index (χ1v) is 10.5. The zero-order valence-electron chi connectivity index (χ0n) is 16.8. The third kappa shape index (κ3) is 3.93. The molecule has 0 saturated carbocycles. The van der Waals surface area contributed by atoms with Gasteiger partial charge in [-0.15, -0.1) is 10.2 Å². The second-order valence-electron chi connectivity index (χ2n) is 7.18. The van der Waals surface area contributed by atoms with E-state index in [0.29, 0.717) is 27.3 Å². The highest BCUT2D eigenvalue weighted by Crippen LogP contribution is 2.22. The molecule has 0 bridgehead atoms. The van der Waals surface area contributed by atoms with Crippen LogP contribution in [-0.2, 0) is 0 Å². The Morgan fingerprint density at radius 1 is 1.03 bits per heavy atom. The number of aromatic nitrogens is 3. The minimum atomic E-state index is -0.429. The van der Waals surface area contributed by atoms with E-state index in [9.17, 15) is 4.79 Å². The monoisotopic (exact) mass is 461 g/mol. The van der Waals surface area contributed by atoms with Gasteiger partial charge in [-0.3, -0.25) is 10.1 Å². The van der Waals surface area contributed by atoms with Gasteiger partial charge in [0.05, 0.1) is 5.69 Å². The van der Waals surface area contributed by atoms with Crippen LogP contribution in [0, 0.1) is 6.92 Å². The summed E-state index contributed by atoms with van der Waals surface area (Å²) < 4.78 is 5.57. The van der Waals surface area contributed by atoms with Crippen LogP contribution < -0.4 is 10.6 Å². The maximum Gasteiger partial charge on any atom is 0.293 e. The number of hydrogen-bond donors (Lipinski definition) is 2. The number of nitrogens with one attached hydrogen (secondary N) is 2. The molecule has 158 valence electrons. The molecule has 5 aromatic rings. The summed E-state index contributed by atoms with van der Waals surface area (Å²) in [6, 6.07) is 20.1. The number of aryl methyl sites for hydroxylation is 1. The van der Waals surface area contributed by atoms with Gasteiger partial charge in [0.1, 0.15) is 16.6 Å². The molecule has 0 fully saturated rings. The Kier molecular flexibility index (Phi) is 5.08. The topological polar surface area (TPSA) is 85.0 Å². The van der Waals surface area contributed by atoms with Crippen molar-refractivity contribution in [3.63, 3.8) is 0 Å².